The molecule has 4 aromatic rings. The maximum absolute atomic E-state index is 13.2. The van der Waals surface area contributed by atoms with Gasteiger partial charge in [-0.05, 0) is 121 Å². The number of hydrogen-bond acceptors (Lipinski definition) is 6. The van der Waals surface area contributed by atoms with E-state index in [1.807, 2.05) is 25.1 Å². The van der Waals surface area contributed by atoms with Gasteiger partial charge in [-0.15, -0.1) is 0 Å². The summed E-state index contributed by atoms with van der Waals surface area (Å²) in [6, 6.07) is 19.0. The third-order valence-electron chi connectivity index (χ3n) is 10.1. The van der Waals surface area contributed by atoms with Crippen molar-refractivity contribution in [2.75, 3.05) is 32.6 Å². The van der Waals surface area contributed by atoms with Gasteiger partial charge in [0.05, 0.1) is 14.2 Å². The van der Waals surface area contributed by atoms with Crippen LogP contribution in [0.2, 0.25) is 0 Å². The molecule has 1 aliphatic carbocycles. The zero-order valence-corrected chi connectivity index (χ0v) is 29.9. The molecule has 264 valence electrons. The van der Waals surface area contributed by atoms with Gasteiger partial charge in [0.15, 0.2) is 11.5 Å². The topological polar surface area (TPSA) is 106 Å². The monoisotopic (exact) mass is 686 g/mol. The number of carbonyl (C=O) groups excluding carboxylic acids is 1. The number of amides is 1. The standard InChI is InChI=1S/C42H46N4O5/c1-27(2)31-12-6-30(7-13-31)23-37-41(48)44-36(42(49)45(37)3)22-29-8-14-32(15-9-29)40(47)43-35-16-10-28(11-17-35)18-20-46-21-19-33-24-38(50-4)39(51-5)25-34(33)26-46/h6,8-11,14-17,22-25,31H,1,7,12-13,18-21,26H2,2-5H3,(H,43,47)(H,44,48). The summed E-state index contributed by atoms with van der Waals surface area (Å²) in [5, 5.41) is 3.48. The van der Waals surface area contributed by atoms with Crippen molar-refractivity contribution in [2.45, 2.75) is 45.6 Å². The lowest BCUT2D eigenvalue weighted by Crippen LogP contribution is -2.52. The van der Waals surface area contributed by atoms with Crippen LogP contribution in [0.25, 0.3) is 12.2 Å². The number of aromatic nitrogens is 2. The van der Waals surface area contributed by atoms with Crippen LogP contribution in [0, 0.1) is 5.92 Å². The maximum atomic E-state index is 13.2. The van der Waals surface area contributed by atoms with Crippen molar-refractivity contribution < 1.29 is 14.3 Å². The van der Waals surface area contributed by atoms with Crippen LogP contribution in [0.3, 0.4) is 0 Å². The first-order chi connectivity index (χ1) is 24.6. The first-order valence-electron chi connectivity index (χ1n) is 17.5. The van der Waals surface area contributed by atoms with Crippen molar-refractivity contribution in [3.63, 3.8) is 0 Å². The first kappa shape index (κ1) is 35.4. The average molecular weight is 687 g/mol. The number of allylic oxidation sites excluding steroid dienone is 3. The van der Waals surface area contributed by atoms with Gasteiger partial charge >= 0.3 is 0 Å². The van der Waals surface area contributed by atoms with Gasteiger partial charge in [-0.1, -0.05) is 42.5 Å². The minimum Gasteiger partial charge on any atom is -0.493 e. The van der Waals surface area contributed by atoms with E-state index in [9.17, 15) is 14.4 Å². The number of H-pyrrole nitrogens is 1. The molecule has 1 amide bonds. The summed E-state index contributed by atoms with van der Waals surface area (Å²) in [5.41, 5.74) is 7.27. The zero-order valence-electron chi connectivity index (χ0n) is 29.9. The Morgan fingerprint density at radius 2 is 1.69 bits per heavy atom. The summed E-state index contributed by atoms with van der Waals surface area (Å²) in [6.45, 7) is 8.90. The number of ether oxygens (including phenoxy) is 2. The van der Waals surface area contributed by atoms with Crippen molar-refractivity contribution in [2.24, 2.45) is 13.0 Å². The van der Waals surface area contributed by atoms with Gasteiger partial charge in [-0.25, -0.2) is 0 Å². The molecule has 6 rings (SSSR count). The highest BCUT2D eigenvalue weighted by atomic mass is 16.5. The number of aromatic amines is 1. The second-order valence-electron chi connectivity index (χ2n) is 13.5. The molecule has 51 heavy (non-hydrogen) atoms. The minimum atomic E-state index is -0.326. The molecule has 1 aromatic heterocycles. The number of carbonyl (C=O) groups is 1. The number of fused-ring (bicyclic) bond motifs is 1. The highest BCUT2D eigenvalue weighted by Gasteiger charge is 2.19. The molecule has 1 atom stereocenters. The lowest BCUT2D eigenvalue weighted by Gasteiger charge is -2.29. The van der Waals surface area contributed by atoms with Crippen LogP contribution < -0.4 is 36.6 Å². The largest absolute Gasteiger partial charge is 0.493 e. The molecule has 2 heterocycles. The van der Waals surface area contributed by atoms with E-state index in [0.29, 0.717) is 28.1 Å². The van der Waals surface area contributed by atoms with Gasteiger partial charge < -0.3 is 24.3 Å². The minimum absolute atomic E-state index is 0.183. The molecule has 1 unspecified atom stereocenters. The highest BCUT2D eigenvalue weighted by molar-refractivity contribution is 6.04. The molecule has 0 spiro atoms. The van der Waals surface area contributed by atoms with Crippen LogP contribution in [0.5, 0.6) is 11.5 Å². The predicted octanol–water partition coefficient (Wildman–Crippen LogP) is 4.86. The Balaban J connectivity index is 1.05. The van der Waals surface area contributed by atoms with Gasteiger partial charge in [-0.3, -0.25) is 19.3 Å². The van der Waals surface area contributed by atoms with Crippen LogP contribution in [0.4, 0.5) is 5.69 Å². The number of anilines is 1. The van der Waals surface area contributed by atoms with Crippen LogP contribution in [0.15, 0.2) is 94.1 Å². The maximum Gasteiger partial charge on any atom is 0.274 e. The molecule has 0 radical (unpaired) electrons. The average Bonchev–Trinajstić information content (AvgIpc) is 3.15. The fourth-order valence-electron chi connectivity index (χ4n) is 6.83. The van der Waals surface area contributed by atoms with Crippen LogP contribution in [-0.4, -0.2) is 47.7 Å². The Labute approximate surface area is 298 Å². The SMILES string of the molecule is C=C(C)C1CC=C(C=c2c(=O)[nH]c(=Cc3ccc(C(=O)Nc4ccc(CCN5CCc6cc(OC)c(OC)cc6C5)cc4)cc3)c(=O)n2C)CC1. The summed E-state index contributed by atoms with van der Waals surface area (Å²) in [5.74, 6) is 1.76. The van der Waals surface area contributed by atoms with Gasteiger partial charge in [-0.2, -0.15) is 0 Å². The summed E-state index contributed by atoms with van der Waals surface area (Å²) in [6.07, 6.45) is 10.2. The van der Waals surface area contributed by atoms with Gasteiger partial charge in [0.2, 0.25) is 0 Å². The van der Waals surface area contributed by atoms with Crippen molar-refractivity contribution >= 4 is 23.7 Å². The second-order valence-corrected chi connectivity index (χ2v) is 13.5. The first-order valence-corrected chi connectivity index (χ1v) is 17.5. The Hall–Kier alpha value is -5.41. The van der Waals surface area contributed by atoms with E-state index in [1.54, 1.807) is 51.6 Å². The lowest BCUT2D eigenvalue weighted by molar-refractivity contribution is 0.102. The third-order valence-corrected chi connectivity index (χ3v) is 10.1. The van der Waals surface area contributed by atoms with E-state index in [1.165, 1.54) is 26.8 Å². The number of benzene rings is 3. The molecule has 1 aliphatic heterocycles. The summed E-state index contributed by atoms with van der Waals surface area (Å²) >= 11 is 0. The normalized spacial score (nSPS) is 16.7. The number of nitrogens with zero attached hydrogens (tertiary/aromatic N) is 2. The van der Waals surface area contributed by atoms with Crippen molar-refractivity contribution in [1.82, 2.24) is 14.5 Å². The third kappa shape index (κ3) is 8.32. The van der Waals surface area contributed by atoms with E-state index in [-0.39, 0.29) is 22.4 Å². The van der Waals surface area contributed by atoms with Crippen LogP contribution in [0.1, 0.15) is 58.8 Å². The van der Waals surface area contributed by atoms with Gasteiger partial charge in [0.1, 0.15) is 10.7 Å². The van der Waals surface area contributed by atoms with E-state index < -0.39 is 0 Å². The molecule has 9 nitrogen and oxygen atoms in total. The predicted molar refractivity (Wildman–Crippen MR) is 203 cm³/mol. The smallest absolute Gasteiger partial charge is 0.274 e. The van der Waals surface area contributed by atoms with E-state index >= 15 is 0 Å². The lowest BCUT2D eigenvalue weighted by atomic mass is 9.85. The van der Waals surface area contributed by atoms with Gasteiger partial charge in [0, 0.05) is 37.9 Å². The highest BCUT2D eigenvalue weighted by Crippen LogP contribution is 2.33. The number of nitrogens with one attached hydrogen (secondary N) is 2. The fourth-order valence-corrected chi connectivity index (χ4v) is 6.83. The van der Waals surface area contributed by atoms with Crippen molar-refractivity contribution in [1.29, 1.82) is 0 Å². The Morgan fingerprint density at radius 1 is 0.980 bits per heavy atom. The molecule has 0 fully saturated rings. The number of hydrogen-bond donors (Lipinski definition) is 2. The molecule has 2 aliphatic rings. The quantitative estimate of drug-likeness (QED) is 0.231. The van der Waals surface area contributed by atoms with E-state index in [0.717, 1.165) is 68.8 Å². The molecule has 0 bridgehead atoms. The Morgan fingerprint density at radius 3 is 2.33 bits per heavy atom. The van der Waals surface area contributed by atoms with Gasteiger partial charge in [0.25, 0.3) is 17.0 Å². The molecule has 0 saturated carbocycles. The van der Waals surface area contributed by atoms with E-state index in [2.05, 4.69) is 52.1 Å². The summed E-state index contributed by atoms with van der Waals surface area (Å²) in [4.78, 5) is 44.4. The molecular weight excluding hydrogens is 640 g/mol. The zero-order chi connectivity index (χ0) is 36.1. The second kappa shape index (κ2) is 15.6. The van der Waals surface area contributed by atoms with Crippen molar-refractivity contribution in [3.05, 3.63) is 144 Å². The summed E-state index contributed by atoms with van der Waals surface area (Å²) in [7, 11) is 4.95. The number of rotatable bonds is 10. The Bertz CT molecular complexity index is 2210. The fraction of sp³-hybridized carbons (Fsp3) is 0.310. The molecule has 9 heteroatoms. The van der Waals surface area contributed by atoms with Crippen LogP contribution >= 0.6 is 0 Å². The molecule has 3 aromatic carbocycles. The molecule has 2 N–H and O–H groups in total. The van der Waals surface area contributed by atoms with Crippen LogP contribution in [-0.2, 0) is 26.4 Å². The summed E-state index contributed by atoms with van der Waals surface area (Å²) < 4.78 is 12.4. The molecular formula is C42H46N4O5. The molecule has 0 saturated heterocycles. The Kier molecular flexibility index (Phi) is 10.9. The van der Waals surface area contributed by atoms with E-state index in [4.69, 9.17) is 9.47 Å². The van der Waals surface area contributed by atoms with Crippen molar-refractivity contribution in [3.8, 4) is 11.5 Å². The number of methoxy groups -OCH3 is 2.